The molecule has 0 amide bonds. The summed E-state index contributed by atoms with van der Waals surface area (Å²) >= 11 is 0. The van der Waals surface area contributed by atoms with Crippen LogP contribution in [0.15, 0.2) is 41.6 Å². The maximum Gasteiger partial charge on any atom is 0.241 e. The van der Waals surface area contributed by atoms with Crippen molar-refractivity contribution in [3.63, 3.8) is 0 Å². The zero-order chi connectivity index (χ0) is 19.5. The van der Waals surface area contributed by atoms with Crippen molar-refractivity contribution < 1.29 is 8.42 Å². The predicted molar refractivity (Wildman–Crippen MR) is 107 cm³/mol. The largest absolute Gasteiger partial charge is 0.366 e. The van der Waals surface area contributed by atoms with Gasteiger partial charge in [0, 0.05) is 31.2 Å². The van der Waals surface area contributed by atoms with Gasteiger partial charge in [-0.25, -0.2) is 23.1 Å². The van der Waals surface area contributed by atoms with Gasteiger partial charge in [-0.05, 0) is 45.2 Å². The number of sulfonamides is 1. The highest BCUT2D eigenvalue weighted by atomic mass is 32.2. The van der Waals surface area contributed by atoms with Gasteiger partial charge in [0.15, 0.2) is 0 Å². The van der Waals surface area contributed by atoms with E-state index in [1.807, 2.05) is 39.0 Å². The van der Waals surface area contributed by atoms with E-state index in [1.54, 1.807) is 18.5 Å². The molecule has 1 aromatic heterocycles. The van der Waals surface area contributed by atoms with Crippen LogP contribution in [0.25, 0.3) is 0 Å². The summed E-state index contributed by atoms with van der Waals surface area (Å²) in [7, 11) is -3.61. The first-order valence-corrected chi connectivity index (χ1v) is 10.7. The van der Waals surface area contributed by atoms with Crippen LogP contribution in [-0.2, 0) is 16.6 Å². The average Bonchev–Trinajstić information content (AvgIpc) is 3.13. The van der Waals surface area contributed by atoms with E-state index in [-0.39, 0.29) is 4.90 Å². The molecule has 1 saturated heterocycles. The van der Waals surface area contributed by atoms with E-state index in [1.165, 1.54) is 12.8 Å². The van der Waals surface area contributed by atoms with Gasteiger partial charge < -0.3 is 10.2 Å². The van der Waals surface area contributed by atoms with Crippen molar-refractivity contribution in [3.05, 3.63) is 42.2 Å². The molecule has 0 radical (unpaired) electrons. The Kier molecular flexibility index (Phi) is 5.67. The Bertz CT molecular complexity index is 887. The fourth-order valence-electron chi connectivity index (χ4n) is 3.12. The quantitative estimate of drug-likeness (QED) is 0.790. The Balaban J connectivity index is 1.76. The SMILES string of the molecule is CC(C)(C)NS(=O)(=O)c1ccccc1CNc1cc(N2CCCC2)ncn1. The molecule has 0 unspecified atom stereocenters. The van der Waals surface area contributed by atoms with Crippen LogP contribution in [0.2, 0.25) is 0 Å². The molecule has 2 heterocycles. The first-order valence-electron chi connectivity index (χ1n) is 9.17. The van der Waals surface area contributed by atoms with Crippen molar-refractivity contribution in [1.82, 2.24) is 14.7 Å². The molecular weight excluding hydrogens is 362 g/mol. The van der Waals surface area contributed by atoms with Crippen LogP contribution in [-0.4, -0.2) is 37.0 Å². The van der Waals surface area contributed by atoms with Crippen molar-refractivity contribution in [1.29, 1.82) is 0 Å². The van der Waals surface area contributed by atoms with E-state index in [9.17, 15) is 8.42 Å². The van der Waals surface area contributed by atoms with Crippen molar-refractivity contribution in [2.24, 2.45) is 0 Å². The van der Waals surface area contributed by atoms with Crippen LogP contribution in [0.1, 0.15) is 39.2 Å². The zero-order valence-corrected chi connectivity index (χ0v) is 16.9. The van der Waals surface area contributed by atoms with E-state index < -0.39 is 15.6 Å². The third kappa shape index (κ3) is 5.17. The monoisotopic (exact) mass is 389 g/mol. The molecule has 27 heavy (non-hydrogen) atoms. The third-order valence-corrected chi connectivity index (χ3v) is 6.10. The summed E-state index contributed by atoms with van der Waals surface area (Å²) in [4.78, 5) is 11.1. The summed E-state index contributed by atoms with van der Waals surface area (Å²) in [5, 5.41) is 3.23. The van der Waals surface area contributed by atoms with E-state index in [2.05, 4.69) is 24.9 Å². The minimum atomic E-state index is -3.61. The molecule has 0 bridgehead atoms. The van der Waals surface area contributed by atoms with Gasteiger partial charge in [-0.1, -0.05) is 18.2 Å². The highest BCUT2D eigenvalue weighted by Gasteiger charge is 2.24. The Morgan fingerprint density at radius 3 is 2.52 bits per heavy atom. The lowest BCUT2D eigenvalue weighted by Crippen LogP contribution is -2.40. The number of nitrogens with one attached hydrogen (secondary N) is 2. The van der Waals surface area contributed by atoms with Crippen LogP contribution < -0.4 is 14.9 Å². The molecule has 1 fully saturated rings. The first kappa shape index (κ1) is 19.6. The van der Waals surface area contributed by atoms with Crippen molar-refractivity contribution in [2.45, 2.75) is 50.6 Å². The van der Waals surface area contributed by atoms with E-state index in [0.29, 0.717) is 17.9 Å². The molecule has 3 rings (SSSR count). The molecule has 0 spiro atoms. The summed E-state index contributed by atoms with van der Waals surface area (Å²) < 4.78 is 28.2. The van der Waals surface area contributed by atoms with E-state index >= 15 is 0 Å². The second-order valence-corrected chi connectivity index (χ2v) is 9.42. The summed E-state index contributed by atoms with van der Waals surface area (Å²) in [6.07, 6.45) is 3.90. The summed E-state index contributed by atoms with van der Waals surface area (Å²) in [6.45, 7) is 7.86. The zero-order valence-electron chi connectivity index (χ0n) is 16.1. The van der Waals surface area contributed by atoms with Crippen molar-refractivity contribution in [3.8, 4) is 0 Å². The number of aromatic nitrogens is 2. The Labute approximate surface area is 161 Å². The lowest BCUT2D eigenvalue weighted by molar-refractivity contribution is 0.491. The topological polar surface area (TPSA) is 87.2 Å². The smallest absolute Gasteiger partial charge is 0.241 e. The normalized spacial score (nSPS) is 15.1. The predicted octanol–water partition coefficient (Wildman–Crippen LogP) is 2.77. The Morgan fingerprint density at radius 1 is 1.11 bits per heavy atom. The number of rotatable bonds is 6. The fraction of sp³-hybridized carbons (Fsp3) is 0.474. The molecule has 0 aliphatic carbocycles. The van der Waals surface area contributed by atoms with Gasteiger partial charge >= 0.3 is 0 Å². The van der Waals surface area contributed by atoms with Gasteiger partial charge in [0.25, 0.3) is 0 Å². The second-order valence-electron chi connectivity index (χ2n) is 7.77. The number of benzene rings is 1. The molecule has 2 N–H and O–H groups in total. The van der Waals surface area contributed by atoms with Gasteiger partial charge in [-0.2, -0.15) is 0 Å². The summed E-state index contributed by atoms with van der Waals surface area (Å²) in [6, 6.07) is 8.92. The first-order chi connectivity index (χ1) is 12.7. The lowest BCUT2D eigenvalue weighted by atomic mass is 10.1. The minimum absolute atomic E-state index is 0.279. The van der Waals surface area contributed by atoms with Crippen LogP contribution in [0.5, 0.6) is 0 Å². The maximum atomic E-state index is 12.7. The molecule has 146 valence electrons. The van der Waals surface area contributed by atoms with E-state index in [0.717, 1.165) is 18.9 Å². The maximum absolute atomic E-state index is 12.7. The molecule has 1 aliphatic rings. The molecule has 0 atom stereocenters. The molecule has 1 aromatic carbocycles. The molecule has 0 saturated carbocycles. The minimum Gasteiger partial charge on any atom is -0.366 e. The van der Waals surface area contributed by atoms with Crippen LogP contribution in [0, 0.1) is 0 Å². The molecule has 7 nitrogen and oxygen atoms in total. The van der Waals surface area contributed by atoms with Gasteiger partial charge in [-0.3, -0.25) is 0 Å². The molecule has 2 aromatic rings. The fourth-order valence-corrected chi connectivity index (χ4v) is 4.78. The van der Waals surface area contributed by atoms with Gasteiger partial charge in [0.05, 0.1) is 4.90 Å². The highest BCUT2D eigenvalue weighted by Crippen LogP contribution is 2.21. The Morgan fingerprint density at radius 2 is 1.81 bits per heavy atom. The molecule has 1 aliphatic heterocycles. The number of anilines is 2. The standard InChI is InChI=1S/C19H27N5O2S/c1-19(2,3)23-27(25,26)16-9-5-4-8-15(16)13-20-17-12-18(22-14-21-17)24-10-6-7-11-24/h4-5,8-9,12,14,23H,6-7,10-11,13H2,1-3H3,(H,20,21,22). The third-order valence-electron chi connectivity index (χ3n) is 4.25. The van der Waals surface area contributed by atoms with Crippen LogP contribution >= 0.6 is 0 Å². The van der Waals surface area contributed by atoms with Crippen molar-refractivity contribution >= 4 is 21.7 Å². The summed E-state index contributed by atoms with van der Waals surface area (Å²) in [5.74, 6) is 1.59. The average molecular weight is 390 g/mol. The highest BCUT2D eigenvalue weighted by molar-refractivity contribution is 7.89. The number of hydrogen-bond acceptors (Lipinski definition) is 6. The lowest BCUT2D eigenvalue weighted by Gasteiger charge is -2.22. The van der Waals surface area contributed by atoms with Crippen LogP contribution in [0.3, 0.4) is 0 Å². The molecule has 8 heteroatoms. The summed E-state index contributed by atoms with van der Waals surface area (Å²) in [5.41, 5.74) is 0.145. The Hall–Kier alpha value is -2.19. The number of nitrogens with zero attached hydrogens (tertiary/aromatic N) is 3. The van der Waals surface area contributed by atoms with Crippen molar-refractivity contribution in [2.75, 3.05) is 23.3 Å². The molecular formula is C19H27N5O2S. The van der Waals surface area contributed by atoms with Gasteiger partial charge in [0.2, 0.25) is 10.0 Å². The van der Waals surface area contributed by atoms with Crippen LogP contribution in [0.4, 0.5) is 11.6 Å². The van der Waals surface area contributed by atoms with Gasteiger partial charge in [-0.15, -0.1) is 0 Å². The van der Waals surface area contributed by atoms with Gasteiger partial charge in [0.1, 0.15) is 18.0 Å². The van der Waals surface area contributed by atoms with E-state index in [4.69, 9.17) is 0 Å². The second kappa shape index (κ2) is 7.82. The number of hydrogen-bond donors (Lipinski definition) is 2.